The number of hydrogen-bond acceptors (Lipinski definition) is 3. The first kappa shape index (κ1) is 17.5. The van der Waals surface area contributed by atoms with Crippen molar-refractivity contribution in [3.05, 3.63) is 65.2 Å². The van der Waals surface area contributed by atoms with Crippen LogP contribution in [0.3, 0.4) is 0 Å². The van der Waals surface area contributed by atoms with Crippen LogP contribution in [0.1, 0.15) is 36.0 Å². The Bertz CT molecular complexity index is 726. The molecular formula is C21H25NO3. The number of carbonyl (C=O) groups excluding carboxylic acids is 1. The number of methoxy groups -OCH3 is 1. The second-order valence-electron chi connectivity index (χ2n) is 6.67. The molecule has 25 heavy (non-hydrogen) atoms. The van der Waals surface area contributed by atoms with Crippen molar-refractivity contribution in [3.63, 3.8) is 0 Å². The van der Waals surface area contributed by atoms with Crippen LogP contribution in [0, 0.1) is 0 Å². The van der Waals surface area contributed by atoms with Crippen LogP contribution >= 0.6 is 0 Å². The van der Waals surface area contributed by atoms with E-state index in [1.807, 2.05) is 42.5 Å². The smallest absolute Gasteiger partial charge is 0.220 e. The van der Waals surface area contributed by atoms with Crippen molar-refractivity contribution >= 4 is 5.91 Å². The van der Waals surface area contributed by atoms with Crippen LogP contribution in [-0.2, 0) is 23.2 Å². The zero-order valence-electron chi connectivity index (χ0n) is 14.6. The number of benzene rings is 2. The Kier molecular flexibility index (Phi) is 5.39. The molecule has 1 atom stereocenters. The van der Waals surface area contributed by atoms with Gasteiger partial charge in [-0.3, -0.25) is 4.79 Å². The molecule has 0 aliphatic heterocycles. The van der Waals surface area contributed by atoms with E-state index >= 15 is 0 Å². The number of carbonyl (C=O) groups is 1. The third-order valence-electron chi connectivity index (χ3n) is 4.93. The van der Waals surface area contributed by atoms with E-state index in [0.29, 0.717) is 19.3 Å². The molecule has 1 aliphatic rings. The highest BCUT2D eigenvalue weighted by molar-refractivity contribution is 5.76. The summed E-state index contributed by atoms with van der Waals surface area (Å²) in [4.78, 5) is 12.2. The molecule has 1 aliphatic carbocycles. The molecule has 0 heterocycles. The van der Waals surface area contributed by atoms with Crippen molar-refractivity contribution in [2.45, 2.75) is 37.7 Å². The molecule has 0 aromatic heterocycles. The molecule has 2 aromatic carbocycles. The van der Waals surface area contributed by atoms with Gasteiger partial charge in [0.15, 0.2) is 0 Å². The lowest BCUT2D eigenvalue weighted by molar-refractivity contribution is -0.122. The minimum absolute atomic E-state index is 0.0349. The van der Waals surface area contributed by atoms with Crippen molar-refractivity contribution in [2.75, 3.05) is 13.7 Å². The highest BCUT2D eigenvalue weighted by Crippen LogP contribution is 2.34. The zero-order chi connectivity index (χ0) is 17.7. The van der Waals surface area contributed by atoms with E-state index in [1.165, 1.54) is 5.56 Å². The van der Waals surface area contributed by atoms with Crippen molar-refractivity contribution in [1.29, 1.82) is 0 Å². The van der Waals surface area contributed by atoms with E-state index in [-0.39, 0.29) is 12.5 Å². The summed E-state index contributed by atoms with van der Waals surface area (Å²) in [6.07, 6.45) is 3.69. The SMILES string of the molecule is COc1ccc(CCC(=O)NCC2(O)CCCc3ccccc32)cc1. The van der Waals surface area contributed by atoms with E-state index in [1.54, 1.807) is 7.11 Å². The fraction of sp³-hybridized carbons (Fsp3) is 0.381. The van der Waals surface area contributed by atoms with Gasteiger partial charge in [0.2, 0.25) is 5.91 Å². The Morgan fingerprint density at radius 3 is 2.72 bits per heavy atom. The predicted octanol–water partition coefficient (Wildman–Crippen LogP) is 2.97. The first-order chi connectivity index (χ1) is 12.1. The van der Waals surface area contributed by atoms with Gasteiger partial charge in [0.1, 0.15) is 11.4 Å². The summed E-state index contributed by atoms with van der Waals surface area (Å²) in [7, 11) is 1.64. The normalized spacial score (nSPS) is 19.1. The predicted molar refractivity (Wildman–Crippen MR) is 97.6 cm³/mol. The molecule has 3 rings (SSSR count). The minimum atomic E-state index is -0.954. The summed E-state index contributed by atoms with van der Waals surface area (Å²) in [6.45, 7) is 0.269. The second-order valence-corrected chi connectivity index (χ2v) is 6.67. The highest BCUT2D eigenvalue weighted by Gasteiger charge is 2.34. The first-order valence-corrected chi connectivity index (χ1v) is 8.81. The van der Waals surface area contributed by atoms with Crippen LogP contribution in [0.5, 0.6) is 5.75 Å². The number of amides is 1. The molecule has 4 nitrogen and oxygen atoms in total. The lowest BCUT2D eigenvalue weighted by Gasteiger charge is -2.34. The molecule has 132 valence electrons. The molecule has 0 spiro atoms. The van der Waals surface area contributed by atoms with Gasteiger partial charge < -0.3 is 15.2 Å². The van der Waals surface area contributed by atoms with E-state index in [4.69, 9.17) is 4.74 Å². The molecule has 0 bridgehead atoms. The number of rotatable bonds is 6. The average Bonchev–Trinajstić information content (AvgIpc) is 2.66. The number of hydrogen-bond donors (Lipinski definition) is 2. The number of fused-ring (bicyclic) bond motifs is 1. The molecule has 4 heteroatoms. The summed E-state index contributed by atoms with van der Waals surface area (Å²) < 4.78 is 5.13. The van der Waals surface area contributed by atoms with Gasteiger partial charge in [0.05, 0.1) is 13.7 Å². The number of aryl methyl sites for hydroxylation is 2. The fourth-order valence-corrected chi connectivity index (χ4v) is 3.47. The van der Waals surface area contributed by atoms with Crippen LogP contribution in [0.4, 0.5) is 0 Å². The quantitative estimate of drug-likeness (QED) is 0.851. The van der Waals surface area contributed by atoms with Gasteiger partial charge in [0.25, 0.3) is 0 Å². The van der Waals surface area contributed by atoms with Crippen LogP contribution in [0.25, 0.3) is 0 Å². The molecule has 0 radical (unpaired) electrons. The Hall–Kier alpha value is -2.33. The van der Waals surface area contributed by atoms with Gasteiger partial charge >= 0.3 is 0 Å². The largest absolute Gasteiger partial charge is 0.497 e. The third kappa shape index (κ3) is 4.20. The Morgan fingerprint density at radius 1 is 1.20 bits per heavy atom. The monoisotopic (exact) mass is 339 g/mol. The maximum Gasteiger partial charge on any atom is 0.220 e. The topological polar surface area (TPSA) is 58.6 Å². The lowest BCUT2D eigenvalue weighted by atomic mass is 9.79. The maximum absolute atomic E-state index is 12.2. The van der Waals surface area contributed by atoms with Gasteiger partial charge in [-0.2, -0.15) is 0 Å². The first-order valence-electron chi connectivity index (χ1n) is 8.81. The Labute approximate surface area is 148 Å². The van der Waals surface area contributed by atoms with Gasteiger partial charge in [-0.1, -0.05) is 36.4 Å². The average molecular weight is 339 g/mol. The lowest BCUT2D eigenvalue weighted by Crippen LogP contribution is -2.43. The van der Waals surface area contributed by atoms with Gasteiger partial charge in [0, 0.05) is 6.42 Å². The fourth-order valence-electron chi connectivity index (χ4n) is 3.47. The highest BCUT2D eigenvalue weighted by atomic mass is 16.5. The third-order valence-corrected chi connectivity index (χ3v) is 4.93. The van der Waals surface area contributed by atoms with E-state index in [0.717, 1.165) is 29.7 Å². The summed E-state index contributed by atoms with van der Waals surface area (Å²) in [5, 5.41) is 13.9. The molecule has 2 aromatic rings. The van der Waals surface area contributed by atoms with E-state index < -0.39 is 5.60 Å². The maximum atomic E-state index is 12.2. The number of nitrogens with one attached hydrogen (secondary N) is 1. The van der Waals surface area contributed by atoms with Gasteiger partial charge in [-0.15, -0.1) is 0 Å². The van der Waals surface area contributed by atoms with Gasteiger partial charge in [-0.25, -0.2) is 0 Å². The summed E-state index contributed by atoms with van der Waals surface area (Å²) in [5.74, 6) is 0.777. The van der Waals surface area contributed by atoms with E-state index in [9.17, 15) is 9.90 Å². The van der Waals surface area contributed by atoms with Gasteiger partial charge in [-0.05, 0) is 54.5 Å². The van der Waals surface area contributed by atoms with Crippen molar-refractivity contribution in [2.24, 2.45) is 0 Å². The molecule has 1 amide bonds. The van der Waals surface area contributed by atoms with Crippen LogP contribution in [0.2, 0.25) is 0 Å². The van der Waals surface area contributed by atoms with Crippen LogP contribution in [0.15, 0.2) is 48.5 Å². The number of aliphatic hydroxyl groups is 1. The van der Waals surface area contributed by atoms with Crippen molar-refractivity contribution in [1.82, 2.24) is 5.32 Å². The molecule has 0 saturated carbocycles. The summed E-state index contributed by atoms with van der Waals surface area (Å²) in [6, 6.07) is 15.7. The molecule has 1 unspecified atom stereocenters. The Morgan fingerprint density at radius 2 is 1.96 bits per heavy atom. The van der Waals surface area contributed by atoms with E-state index in [2.05, 4.69) is 11.4 Å². The molecular weight excluding hydrogens is 314 g/mol. The molecule has 0 fully saturated rings. The van der Waals surface area contributed by atoms with Crippen LogP contribution in [-0.4, -0.2) is 24.7 Å². The second kappa shape index (κ2) is 7.70. The summed E-state index contributed by atoms with van der Waals surface area (Å²) in [5.41, 5.74) is 2.28. The minimum Gasteiger partial charge on any atom is -0.497 e. The molecule has 2 N–H and O–H groups in total. The zero-order valence-corrected chi connectivity index (χ0v) is 14.6. The molecule has 0 saturated heterocycles. The summed E-state index contributed by atoms with van der Waals surface area (Å²) >= 11 is 0. The van der Waals surface area contributed by atoms with Crippen molar-refractivity contribution < 1.29 is 14.6 Å². The Balaban J connectivity index is 1.53. The van der Waals surface area contributed by atoms with Crippen LogP contribution < -0.4 is 10.1 Å². The number of ether oxygens (including phenoxy) is 1. The standard InChI is InChI=1S/C21H25NO3/c1-25-18-11-8-16(9-12-18)10-13-20(23)22-15-21(24)14-4-6-17-5-2-3-7-19(17)21/h2-3,5,7-9,11-12,24H,4,6,10,13-15H2,1H3,(H,22,23). The van der Waals surface area contributed by atoms with Crippen molar-refractivity contribution in [3.8, 4) is 5.75 Å².